The molecule has 1 aliphatic rings. The number of carbonyl (C=O) groups excluding carboxylic acids is 2. The first-order chi connectivity index (χ1) is 15.4. The summed E-state index contributed by atoms with van der Waals surface area (Å²) >= 11 is 0. The Morgan fingerprint density at radius 1 is 0.875 bits per heavy atom. The normalized spacial score (nSPS) is 15.0. The third kappa shape index (κ3) is 6.40. The highest BCUT2D eigenvalue weighted by atomic mass is 32.2. The van der Waals surface area contributed by atoms with Gasteiger partial charge in [-0.3, -0.25) is 9.59 Å². The summed E-state index contributed by atoms with van der Waals surface area (Å²) in [5.41, 5.74) is 2.41. The number of sulfonamides is 1. The SMILES string of the molecule is CNC(=O)c1ccc(CNC(=O)CCc2ccc(S(=O)(=O)N3CCCCCC3)cc2)cc1. The van der Waals surface area contributed by atoms with Gasteiger partial charge in [-0.15, -0.1) is 0 Å². The maximum atomic E-state index is 12.9. The van der Waals surface area contributed by atoms with E-state index in [0.29, 0.717) is 42.9 Å². The van der Waals surface area contributed by atoms with Crippen molar-refractivity contribution in [3.05, 3.63) is 65.2 Å². The molecule has 0 aliphatic carbocycles. The molecular formula is C24H31N3O4S. The molecule has 0 bridgehead atoms. The summed E-state index contributed by atoms with van der Waals surface area (Å²) in [7, 11) is -1.87. The van der Waals surface area contributed by atoms with E-state index < -0.39 is 10.0 Å². The van der Waals surface area contributed by atoms with E-state index in [4.69, 9.17) is 0 Å². The van der Waals surface area contributed by atoms with Gasteiger partial charge in [0, 0.05) is 38.7 Å². The molecule has 3 rings (SSSR count). The molecule has 2 aromatic carbocycles. The van der Waals surface area contributed by atoms with E-state index in [-0.39, 0.29) is 11.8 Å². The van der Waals surface area contributed by atoms with Crippen molar-refractivity contribution in [3.8, 4) is 0 Å². The van der Waals surface area contributed by atoms with Gasteiger partial charge >= 0.3 is 0 Å². The van der Waals surface area contributed by atoms with E-state index in [9.17, 15) is 18.0 Å². The number of amides is 2. The Morgan fingerprint density at radius 3 is 2.06 bits per heavy atom. The number of hydrogen-bond donors (Lipinski definition) is 2. The molecule has 1 heterocycles. The molecule has 0 aromatic heterocycles. The van der Waals surface area contributed by atoms with E-state index in [0.717, 1.165) is 36.8 Å². The van der Waals surface area contributed by atoms with Gasteiger partial charge in [-0.25, -0.2) is 8.42 Å². The fourth-order valence-corrected chi connectivity index (χ4v) is 5.24. The minimum atomic E-state index is -3.45. The van der Waals surface area contributed by atoms with Gasteiger partial charge in [-0.1, -0.05) is 37.1 Å². The van der Waals surface area contributed by atoms with E-state index in [1.54, 1.807) is 47.8 Å². The lowest BCUT2D eigenvalue weighted by Crippen LogP contribution is -2.31. The molecule has 2 N–H and O–H groups in total. The van der Waals surface area contributed by atoms with Gasteiger partial charge in [0.2, 0.25) is 15.9 Å². The highest BCUT2D eigenvalue weighted by Gasteiger charge is 2.24. The fraction of sp³-hybridized carbons (Fsp3) is 0.417. The first-order valence-electron chi connectivity index (χ1n) is 11.1. The van der Waals surface area contributed by atoms with Gasteiger partial charge in [0.25, 0.3) is 5.91 Å². The van der Waals surface area contributed by atoms with Gasteiger partial charge in [0.1, 0.15) is 0 Å². The Balaban J connectivity index is 1.48. The van der Waals surface area contributed by atoms with Crippen LogP contribution in [-0.2, 0) is 27.8 Å². The topological polar surface area (TPSA) is 95.6 Å². The smallest absolute Gasteiger partial charge is 0.251 e. The van der Waals surface area contributed by atoms with Crippen molar-refractivity contribution < 1.29 is 18.0 Å². The van der Waals surface area contributed by atoms with Crippen molar-refractivity contribution in [2.45, 2.75) is 50.0 Å². The van der Waals surface area contributed by atoms with E-state index in [1.807, 2.05) is 12.1 Å². The van der Waals surface area contributed by atoms with Crippen LogP contribution in [0.1, 0.15) is 53.6 Å². The van der Waals surface area contributed by atoms with Crippen molar-refractivity contribution in [1.29, 1.82) is 0 Å². The lowest BCUT2D eigenvalue weighted by atomic mass is 10.1. The summed E-state index contributed by atoms with van der Waals surface area (Å²) in [4.78, 5) is 24.1. The second-order valence-corrected chi connectivity index (χ2v) is 9.95. The third-order valence-corrected chi connectivity index (χ3v) is 7.61. The molecule has 0 atom stereocenters. The molecule has 1 saturated heterocycles. The van der Waals surface area contributed by atoms with Crippen LogP contribution in [0.15, 0.2) is 53.4 Å². The molecule has 0 unspecified atom stereocenters. The fourth-order valence-electron chi connectivity index (χ4n) is 3.72. The summed E-state index contributed by atoms with van der Waals surface area (Å²) in [5.74, 6) is -0.229. The van der Waals surface area contributed by atoms with Gasteiger partial charge in [0.05, 0.1) is 4.90 Å². The van der Waals surface area contributed by atoms with Gasteiger partial charge in [0.15, 0.2) is 0 Å². The van der Waals surface area contributed by atoms with Gasteiger partial charge < -0.3 is 10.6 Å². The zero-order chi connectivity index (χ0) is 23.0. The molecule has 0 radical (unpaired) electrons. The van der Waals surface area contributed by atoms with Crippen molar-refractivity contribution in [1.82, 2.24) is 14.9 Å². The third-order valence-electron chi connectivity index (χ3n) is 5.70. The molecule has 2 aromatic rings. The summed E-state index contributed by atoms with van der Waals surface area (Å²) in [5, 5.41) is 5.44. The molecule has 7 nitrogen and oxygen atoms in total. The number of aryl methyl sites for hydroxylation is 1. The maximum absolute atomic E-state index is 12.9. The molecule has 172 valence electrons. The van der Waals surface area contributed by atoms with Crippen LogP contribution in [0.2, 0.25) is 0 Å². The number of nitrogens with one attached hydrogen (secondary N) is 2. The summed E-state index contributed by atoms with van der Waals surface area (Å²) in [6.45, 7) is 1.55. The van der Waals surface area contributed by atoms with Crippen molar-refractivity contribution in [2.75, 3.05) is 20.1 Å². The average molecular weight is 458 g/mol. The Morgan fingerprint density at radius 2 is 1.47 bits per heavy atom. The van der Waals surface area contributed by atoms with Crippen LogP contribution < -0.4 is 10.6 Å². The van der Waals surface area contributed by atoms with Crippen molar-refractivity contribution in [2.24, 2.45) is 0 Å². The predicted molar refractivity (Wildman–Crippen MR) is 124 cm³/mol. The molecule has 8 heteroatoms. The predicted octanol–water partition coefficient (Wildman–Crippen LogP) is 2.86. The molecular weight excluding hydrogens is 426 g/mol. The Labute approximate surface area is 190 Å². The molecule has 32 heavy (non-hydrogen) atoms. The second-order valence-electron chi connectivity index (χ2n) is 8.02. The Bertz CT molecular complexity index is 1010. The number of benzene rings is 2. The summed E-state index contributed by atoms with van der Waals surface area (Å²) in [6.07, 6.45) is 4.82. The van der Waals surface area contributed by atoms with Crippen molar-refractivity contribution in [3.63, 3.8) is 0 Å². The lowest BCUT2D eigenvalue weighted by Gasteiger charge is -2.20. The molecule has 1 aliphatic heterocycles. The second kappa shape index (κ2) is 11.2. The van der Waals surface area contributed by atoms with Crippen LogP contribution in [0, 0.1) is 0 Å². The highest BCUT2D eigenvalue weighted by Crippen LogP contribution is 2.21. The standard InChI is InChI=1S/C24H31N3O4S/c1-25-24(29)21-11-6-20(7-12-21)18-26-23(28)15-10-19-8-13-22(14-9-19)32(30,31)27-16-4-2-3-5-17-27/h6-9,11-14H,2-5,10,15-18H2,1H3,(H,25,29)(H,26,28). The lowest BCUT2D eigenvalue weighted by molar-refractivity contribution is -0.121. The minimum Gasteiger partial charge on any atom is -0.355 e. The van der Waals surface area contributed by atoms with Crippen LogP contribution in [0.4, 0.5) is 0 Å². The van der Waals surface area contributed by atoms with Crippen LogP contribution in [0.25, 0.3) is 0 Å². The molecule has 1 fully saturated rings. The monoisotopic (exact) mass is 457 g/mol. The van der Waals surface area contributed by atoms with Crippen LogP contribution in [0.5, 0.6) is 0 Å². The molecule has 0 spiro atoms. The zero-order valence-electron chi connectivity index (χ0n) is 18.5. The Kier molecular flexibility index (Phi) is 8.41. The van der Waals surface area contributed by atoms with E-state index in [1.165, 1.54) is 0 Å². The van der Waals surface area contributed by atoms with Crippen LogP contribution in [-0.4, -0.2) is 44.7 Å². The van der Waals surface area contributed by atoms with E-state index in [2.05, 4.69) is 10.6 Å². The summed E-state index contributed by atoms with van der Waals surface area (Å²) < 4.78 is 27.3. The van der Waals surface area contributed by atoms with Gasteiger partial charge in [-0.05, 0) is 54.7 Å². The first kappa shape index (κ1) is 23.9. The van der Waals surface area contributed by atoms with Gasteiger partial charge in [-0.2, -0.15) is 4.31 Å². The van der Waals surface area contributed by atoms with E-state index >= 15 is 0 Å². The Hall–Kier alpha value is -2.71. The largest absolute Gasteiger partial charge is 0.355 e. The number of rotatable bonds is 8. The molecule has 2 amide bonds. The van der Waals surface area contributed by atoms with Crippen LogP contribution in [0.3, 0.4) is 0 Å². The maximum Gasteiger partial charge on any atom is 0.251 e. The van der Waals surface area contributed by atoms with Crippen molar-refractivity contribution >= 4 is 21.8 Å². The average Bonchev–Trinajstić information content (AvgIpc) is 3.12. The minimum absolute atomic E-state index is 0.0818. The first-order valence-corrected chi connectivity index (χ1v) is 12.5. The molecule has 0 saturated carbocycles. The highest BCUT2D eigenvalue weighted by molar-refractivity contribution is 7.89. The quantitative estimate of drug-likeness (QED) is 0.637. The van der Waals surface area contributed by atoms with Crippen LogP contribution >= 0.6 is 0 Å². The zero-order valence-corrected chi connectivity index (χ0v) is 19.3. The number of carbonyl (C=O) groups is 2. The number of hydrogen-bond acceptors (Lipinski definition) is 4. The number of nitrogens with zero attached hydrogens (tertiary/aromatic N) is 1. The summed E-state index contributed by atoms with van der Waals surface area (Å²) in [6, 6.07) is 13.9.